The van der Waals surface area contributed by atoms with E-state index in [1.807, 2.05) is 13.0 Å². The van der Waals surface area contributed by atoms with Gasteiger partial charge in [0.05, 0.1) is 11.7 Å². The van der Waals surface area contributed by atoms with Crippen LogP contribution < -0.4 is 5.63 Å². The summed E-state index contributed by atoms with van der Waals surface area (Å²) in [4.78, 5) is 11.8. The fourth-order valence-corrected chi connectivity index (χ4v) is 2.10. The van der Waals surface area contributed by atoms with E-state index >= 15 is 0 Å². The van der Waals surface area contributed by atoms with Gasteiger partial charge in [-0.1, -0.05) is 23.3 Å². The van der Waals surface area contributed by atoms with Crippen LogP contribution in [0.1, 0.15) is 51.9 Å². The summed E-state index contributed by atoms with van der Waals surface area (Å²) >= 11 is 0. The summed E-state index contributed by atoms with van der Waals surface area (Å²) in [5.74, 6) is 0.321. The molecule has 4 nitrogen and oxygen atoms in total. The molecule has 0 aliphatic rings. The Morgan fingerprint density at radius 1 is 1.32 bits per heavy atom. The monoisotopic (exact) mass is 306 g/mol. The molecule has 1 aromatic heterocycles. The second kappa shape index (κ2) is 8.59. The third-order valence-corrected chi connectivity index (χ3v) is 3.32. The van der Waals surface area contributed by atoms with Crippen LogP contribution in [0.5, 0.6) is 5.75 Å². The highest BCUT2D eigenvalue weighted by atomic mass is 16.4. The van der Waals surface area contributed by atoms with Crippen LogP contribution in [0.2, 0.25) is 0 Å². The predicted octanol–water partition coefficient (Wildman–Crippen LogP) is 3.50. The Bertz CT molecular complexity index is 602. The lowest BCUT2D eigenvalue weighted by Gasteiger charge is -2.06. The van der Waals surface area contributed by atoms with Crippen molar-refractivity contribution in [2.75, 3.05) is 0 Å². The summed E-state index contributed by atoms with van der Waals surface area (Å²) in [6.45, 7) is 7.75. The van der Waals surface area contributed by atoms with Crippen molar-refractivity contribution in [3.63, 3.8) is 0 Å². The van der Waals surface area contributed by atoms with Gasteiger partial charge in [-0.25, -0.2) is 4.79 Å². The molecule has 1 unspecified atom stereocenters. The van der Waals surface area contributed by atoms with Crippen molar-refractivity contribution in [2.45, 2.75) is 59.5 Å². The van der Waals surface area contributed by atoms with Crippen LogP contribution in [0.3, 0.4) is 0 Å². The fraction of sp³-hybridized carbons (Fsp3) is 0.500. The minimum Gasteiger partial charge on any atom is -0.507 e. The molecule has 122 valence electrons. The van der Waals surface area contributed by atoms with E-state index in [1.54, 1.807) is 6.92 Å². The second-order valence-electron chi connectivity index (χ2n) is 5.99. The SMILES string of the molecule is CC(C)=CCC/C(C)=C/Cc1cc(O)c(CC(C)O)c(=O)o1. The van der Waals surface area contributed by atoms with Crippen molar-refractivity contribution in [3.05, 3.63) is 51.1 Å². The van der Waals surface area contributed by atoms with Crippen LogP contribution in [-0.4, -0.2) is 16.3 Å². The molecule has 0 aromatic carbocycles. The summed E-state index contributed by atoms with van der Waals surface area (Å²) in [7, 11) is 0. The van der Waals surface area contributed by atoms with E-state index in [9.17, 15) is 15.0 Å². The van der Waals surface area contributed by atoms with E-state index in [2.05, 4.69) is 19.9 Å². The molecule has 0 aliphatic heterocycles. The first kappa shape index (κ1) is 18.2. The second-order valence-corrected chi connectivity index (χ2v) is 5.99. The highest BCUT2D eigenvalue weighted by Gasteiger charge is 2.13. The minimum absolute atomic E-state index is 0.0893. The number of aliphatic hydroxyl groups excluding tert-OH is 1. The van der Waals surface area contributed by atoms with E-state index in [-0.39, 0.29) is 17.7 Å². The van der Waals surface area contributed by atoms with Crippen LogP contribution >= 0.6 is 0 Å². The van der Waals surface area contributed by atoms with Crippen molar-refractivity contribution in [3.8, 4) is 5.75 Å². The molecule has 0 saturated heterocycles. The van der Waals surface area contributed by atoms with E-state index in [0.717, 1.165) is 12.8 Å². The minimum atomic E-state index is -0.697. The number of hydrogen-bond donors (Lipinski definition) is 2. The van der Waals surface area contributed by atoms with E-state index in [4.69, 9.17) is 4.42 Å². The smallest absolute Gasteiger partial charge is 0.342 e. The van der Waals surface area contributed by atoms with Crippen molar-refractivity contribution >= 4 is 0 Å². The highest BCUT2D eigenvalue weighted by Crippen LogP contribution is 2.18. The van der Waals surface area contributed by atoms with Crippen LogP contribution in [0.15, 0.2) is 38.6 Å². The Morgan fingerprint density at radius 3 is 2.55 bits per heavy atom. The normalized spacial score (nSPS) is 13.0. The quantitative estimate of drug-likeness (QED) is 0.756. The molecule has 1 rings (SSSR count). The largest absolute Gasteiger partial charge is 0.507 e. The zero-order chi connectivity index (χ0) is 16.7. The van der Waals surface area contributed by atoms with Gasteiger partial charge in [-0.3, -0.25) is 0 Å². The number of aromatic hydroxyl groups is 1. The molecule has 4 heteroatoms. The molecule has 22 heavy (non-hydrogen) atoms. The third-order valence-electron chi connectivity index (χ3n) is 3.32. The van der Waals surface area contributed by atoms with Gasteiger partial charge in [0.15, 0.2) is 0 Å². The lowest BCUT2D eigenvalue weighted by atomic mass is 10.1. The molecule has 0 spiro atoms. The summed E-state index contributed by atoms with van der Waals surface area (Å²) < 4.78 is 5.20. The summed E-state index contributed by atoms with van der Waals surface area (Å²) in [5, 5.41) is 19.2. The van der Waals surface area contributed by atoms with Crippen LogP contribution in [-0.2, 0) is 12.8 Å². The van der Waals surface area contributed by atoms with Gasteiger partial charge in [0, 0.05) is 18.9 Å². The fourth-order valence-electron chi connectivity index (χ4n) is 2.10. The maximum absolute atomic E-state index is 11.8. The zero-order valence-electron chi connectivity index (χ0n) is 13.8. The molecule has 2 N–H and O–H groups in total. The van der Waals surface area contributed by atoms with Gasteiger partial charge in [0.25, 0.3) is 0 Å². The van der Waals surface area contributed by atoms with Gasteiger partial charge >= 0.3 is 5.63 Å². The van der Waals surface area contributed by atoms with Crippen molar-refractivity contribution in [1.82, 2.24) is 0 Å². The average Bonchev–Trinajstić information content (AvgIpc) is 2.40. The van der Waals surface area contributed by atoms with Gasteiger partial charge in [-0.05, 0) is 40.5 Å². The van der Waals surface area contributed by atoms with Gasteiger partial charge in [0.1, 0.15) is 11.5 Å². The molecule has 0 aliphatic carbocycles. The lowest BCUT2D eigenvalue weighted by molar-refractivity contribution is 0.192. The van der Waals surface area contributed by atoms with E-state index in [1.165, 1.54) is 17.2 Å². The first-order valence-electron chi connectivity index (χ1n) is 7.61. The number of rotatable bonds is 7. The van der Waals surface area contributed by atoms with Crippen molar-refractivity contribution in [1.29, 1.82) is 0 Å². The standard InChI is InChI=1S/C18H26O4/c1-12(2)6-5-7-13(3)8-9-15-11-17(20)16(10-14(4)19)18(21)22-15/h6,8,11,14,19-20H,5,7,9-10H2,1-4H3/b13-8+. The lowest BCUT2D eigenvalue weighted by Crippen LogP contribution is -2.15. The molecule has 0 radical (unpaired) electrons. The molecule has 0 saturated carbocycles. The number of allylic oxidation sites excluding steroid dienone is 4. The Kier molecular flexibility index (Phi) is 7.12. The number of aliphatic hydroxyl groups is 1. The Morgan fingerprint density at radius 2 is 2.00 bits per heavy atom. The summed E-state index contributed by atoms with van der Waals surface area (Å²) in [5.41, 5.74) is 2.07. The van der Waals surface area contributed by atoms with Gasteiger partial charge < -0.3 is 14.6 Å². The third kappa shape index (κ3) is 6.31. The van der Waals surface area contributed by atoms with Crippen molar-refractivity contribution < 1.29 is 14.6 Å². The molecular formula is C18H26O4. The molecule has 0 amide bonds. The Labute approximate surface area is 131 Å². The van der Waals surface area contributed by atoms with Gasteiger partial charge in [-0.15, -0.1) is 0 Å². The zero-order valence-corrected chi connectivity index (χ0v) is 13.8. The first-order valence-corrected chi connectivity index (χ1v) is 7.61. The van der Waals surface area contributed by atoms with Gasteiger partial charge in [0.2, 0.25) is 0 Å². The van der Waals surface area contributed by atoms with E-state index in [0.29, 0.717) is 12.2 Å². The first-order chi connectivity index (χ1) is 10.3. The van der Waals surface area contributed by atoms with Crippen molar-refractivity contribution in [2.24, 2.45) is 0 Å². The van der Waals surface area contributed by atoms with Crippen LogP contribution in [0, 0.1) is 0 Å². The predicted molar refractivity (Wildman–Crippen MR) is 88.2 cm³/mol. The molecule has 1 heterocycles. The maximum Gasteiger partial charge on any atom is 0.342 e. The summed E-state index contributed by atoms with van der Waals surface area (Å²) in [6, 6.07) is 1.46. The van der Waals surface area contributed by atoms with Crippen LogP contribution in [0.4, 0.5) is 0 Å². The molecule has 1 atom stereocenters. The maximum atomic E-state index is 11.8. The Hall–Kier alpha value is -1.81. The molecule has 0 fully saturated rings. The van der Waals surface area contributed by atoms with E-state index < -0.39 is 11.7 Å². The molecule has 0 bridgehead atoms. The Balaban J connectivity index is 2.74. The summed E-state index contributed by atoms with van der Waals surface area (Å²) in [6.07, 6.45) is 6.01. The molecule has 1 aromatic rings. The van der Waals surface area contributed by atoms with Gasteiger partial charge in [-0.2, -0.15) is 0 Å². The number of hydrogen-bond acceptors (Lipinski definition) is 4. The molecular weight excluding hydrogens is 280 g/mol. The topological polar surface area (TPSA) is 70.7 Å². The van der Waals surface area contributed by atoms with Crippen LogP contribution in [0.25, 0.3) is 0 Å². The highest BCUT2D eigenvalue weighted by molar-refractivity contribution is 5.31. The average molecular weight is 306 g/mol.